The number of terminal acetylenes is 1. The van der Waals surface area contributed by atoms with Crippen LogP contribution >= 0.6 is 0 Å². The molecule has 7 nitrogen and oxygen atoms in total. The Morgan fingerprint density at radius 1 is 1.33 bits per heavy atom. The molecule has 0 radical (unpaired) electrons. The summed E-state index contributed by atoms with van der Waals surface area (Å²) in [5.41, 5.74) is 11.6. The molecule has 0 fully saturated rings. The van der Waals surface area contributed by atoms with Crippen LogP contribution in [0.1, 0.15) is 35.7 Å². The van der Waals surface area contributed by atoms with Gasteiger partial charge in [0.1, 0.15) is 6.04 Å². The van der Waals surface area contributed by atoms with Gasteiger partial charge in [-0.2, -0.15) is 0 Å². The lowest BCUT2D eigenvalue weighted by Gasteiger charge is -2.17. The average Bonchev–Trinajstić information content (AvgIpc) is 2.57. The molecule has 0 saturated carbocycles. The Labute approximate surface area is 141 Å². The molecule has 1 unspecified atom stereocenters. The molecule has 0 aliphatic heterocycles. The summed E-state index contributed by atoms with van der Waals surface area (Å²) in [4.78, 5) is 28.1. The maximum absolute atomic E-state index is 12.3. The quantitative estimate of drug-likeness (QED) is 0.209. The summed E-state index contributed by atoms with van der Waals surface area (Å²) in [6.45, 7) is 2.30. The zero-order valence-electron chi connectivity index (χ0n) is 13.6. The molecule has 0 saturated heterocycles. The molecule has 1 rings (SSSR count). The summed E-state index contributed by atoms with van der Waals surface area (Å²) < 4.78 is 4.99. The molecule has 1 aromatic carbocycles. The van der Waals surface area contributed by atoms with Gasteiger partial charge in [-0.15, -0.1) is 6.42 Å². The summed E-state index contributed by atoms with van der Waals surface area (Å²) in [5, 5.41) is 2.67. The van der Waals surface area contributed by atoms with Gasteiger partial charge in [0, 0.05) is 17.7 Å². The van der Waals surface area contributed by atoms with Crippen LogP contribution < -0.4 is 16.8 Å². The van der Waals surface area contributed by atoms with Crippen molar-refractivity contribution < 1.29 is 14.3 Å². The fraction of sp³-hybridized carbons (Fsp3) is 0.353. The fourth-order valence-electron chi connectivity index (χ4n) is 1.95. The summed E-state index contributed by atoms with van der Waals surface area (Å²) in [5.74, 6) is 1.59. The highest BCUT2D eigenvalue weighted by Gasteiger charge is 2.22. The van der Waals surface area contributed by atoms with E-state index in [4.69, 9.17) is 22.6 Å². The van der Waals surface area contributed by atoms with E-state index >= 15 is 0 Å². The Balaban J connectivity index is 2.71. The summed E-state index contributed by atoms with van der Waals surface area (Å²) in [7, 11) is 0. The number of ether oxygens (including phenoxy) is 1. The van der Waals surface area contributed by atoms with Crippen molar-refractivity contribution in [3.05, 3.63) is 35.4 Å². The minimum absolute atomic E-state index is 0.0136. The van der Waals surface area contributed by atoms with Crippen LogP contribution in [0.3, 0.4) is 0 Å². The highest BCUT2D eigenvalue weighted by Crippen LogP contribution is 2.06. The number of nitrogens with one attached hydrogen (secondary N) is 1. The van der Waals surface area contributed by atoms with Crippen molar-refractivity contribution >= 4 is 17.8 Å². The monoisotopic (exact) mass is 330 g/mol. The highest BCUT2D eigenvalue weighted by atomic mass is 16.5. The predicted molar refractivity (Wildman–Crippen MR) is 92.2 cm³/mol. The van der Waals surface area contributed by atoms with Crippen LogP contribution in [0.2, 0.25) is 0 Å². The molecule has 0 aromatic heterocycles. The number of hydrogen-bond donors (Lipinski definition) is 3. The number of rotatable bonds is 8. The summed E-state index contributed by atoms with van der Waals surface area (Å²) in [6.07, 6.45) is 6.17. The molecule has 0 spiro atoms. The van der Waals surface area contributed by atoms with Gasteiger partial charge in [0.25, 0.3) is 5.91 Å². The Kier molecular flexibility index (Phi) is 7.85. The Morgan fingerprint density at radius 3 is 2.54 bits per heavy atom. The van der Waals surface area contributed by atoms with E-state index in [9.17, 15) is 9.59 Å². The second-order valence-electron chi connectivity index (χ2n) is 4.95. The van der Waals surface area contributed by atoms with Gasteiger partial charge in [-0.05, 0) is 44.0 Å². The molecule has 0 bridgehead atoms. The number of benzene rings is 1. The number of esters is 1. The maximum Gasteiger partial charge on any atom is 0.328 e. The van der Waals surface area contributed by atoms with E-state index in [1.807, 2.05) is 0 Å². The number of amides is 1. The van der Waals surface area contributed by atoms with Crippen molar-refractivity contribution in [2.45, 2.75) is 25.8 Å². The number of carbonyl (C=O) groups is 2. The maximum atomic E-state index is 12.3. The van der Waals surface area contributed by atoms with Gasteiger partial charge in [0.15, 0.2) is 5.96 Å². The second kappa shape index (κ2) is 9.90. The first-order valence-corrected chi connectivity index (χ1v) is 7.57. The van der Waals surface area contributed by atoms with E-state index in [0.717, 1.165) is 0 Å². The highest BCUT2D eigenvalue weighted by molar-refractivity contribution is 5.96. The topological polar surface area (TPSA) is 120 Å². The minimum atomic E-state index is -0.765. The predicted octanol–water partition coefficient (Wildman–Crippen LogP) is 0.383. The van der Waals surface area contributed by atoms with Crippen molar-refractivity contribution in [1.82, 2.24) is 5.32 Å². The van der Waals surface area contributed by atoms with Crippen LogP contribution in [-0.4, -0.2) is 37.0 Å². The first kappa shape index (κ1) is 19.0. The Morgan fingerprint density at radius 2 is 2.00 bits per heavy atom. The van der Waals surface area contributed by atoms with Crippen molar-refractivity contribution in [2.75, 3.05) is 13.2 Å². The van der Waals surface area contributed by atoms with Crippen molar-refractivity contribution in [3.63, 3.8) is 0 Å². The molecule has 0 aliphatic rings. The van der Waals surface area contributed by atoms with Gasteiger partial charge in [-0.1, -0.05) is 5.92 Å². The molecule has 128 valence electrons. The molecule has 0 aliphatic carbocycles. The molecule has 7 heteroatoms. The SMILES string of the molecule is C#Cc1ccc(C(=O)NC(CCCN=C(N)N)C(=O)OCC)cc1. The molecular formula is C17H22N4O3. The van der Waals surface area contributed by atoms with Crippen LogP contribution in [-0.2, 0) is 9.53 Å². The van der Waals surface area contributed by atoms with Gasteiger partial charge in [-0.25, -0.2) is 4.79 Å². The number of aliphatic imine (C=N–C) groups is 1. The summed E-state index contributed by atoms with van der Waals surface area (Å²) >= 11 is 0. The fourth-order valence-corrected chi connectivity index (χ4v) is 1.95. The van der Waals surface area contributed by atoms with Crippen LogP contribution in [0.4, 0.5) is 0 Å². The Bertz CT molecular complexity index is 628. The molecule has 24 heavy (non-hydrogen) atoms. The third kappa shape index (κ3) is 6.40. The third-order valence-corrected chi connectivity index (χ3v) is 3.14. The average molecular weight is 330 g/mol. The van der Waals surface area contributed by atoms with Crippen molar-refractivity contribution in [2.24, 2.45) is 16.5 Å². The lowest BCUT2D eigenvalue weighted by molar-refractivity contribution is -0.145. The van der Waals surface area contributed by atoms with E-state index in [2.05, 4.69) is 16.2 Å². The molecule has 1 aromatic rings. The van der Waals surface area contributed by atoms with E-state index in [1.165, 1.54) is 0 Å². The normalized spacial score (nSPS) is 11.0. The number of guanidine groups is 1. The third-order valence-electron chi connectivity index (χ3n) is 3.14. The Hall–Kier alpha value is -3.01. The first-order chi connectivity index (χ1) is 11.5. The lowest BCUT2D eigenvalue weighted by Crippen LogP contribution is -2.42. The lowest BCUT2D eigenvalue weighted by atomic mass is 10.1. The van der Waals surface area contributed by atoms with Gasteiger partial charge in [0.2, 0.25) is 0 Å². The standard InChI is InChI=1S/C17H22N4O3/c1-3-12-7-9-13(10-8-12)15(22)21-14(16(23)24-4-2)6-5-11-20-17(18)19/h1,7-10,14H,4-6,11H2,2H3,(H,21,22)(H4,18,19,20). The van der Waals surface area contributed by atoms with Crippen LogP contribution in [0.15, 0.2) is 29.3 Å². The van der Waals surface area contributed by atoms with Crippen LogP contribution in [0.5, 0.6) is 0 Å². The summed E-state index contributed by atoms with van der Waals surface area (Å²) in [6, 6.07) is 5.76. The molecule has 5 N–H and O–H groups in total. The van der Waals surface area contributed by atoms with Crippen LogP contribution in [0, 0.1) is 12.3 Å². The first-order valence-electron chi connectivity index (χ1n) is 7.57. The molecule has 1 amide bonds. The van der Waals surface area contributed by atoms with Gasteiger partial charge in [0.05, 0.1) is 6.61 Å². The second-order valence-corrected chi connectivity index (χ2v) is 4.95. The molecule has 1 atom stereocenters. The van der Waals surface area contributed by atoms with Crippen molar-refractivity contribution in [1.29, 1.82) is 0 Å². The van der Waals surface area contributed by atoms with E-state index < -0.39 is 12.0 Å². The molecule has 0 heterocycles. The number of hydrogen-bond acceptors (Lipinski definition) is 4. The van der Waals surface area contributed by atoms with E-state index in [1.54, 1.807) is 31.2 Å². The number of nitrogens with two attached hydrogens (primary N) is 2. The molecular weight excluding hydrogens is 308 g/mol. The van der Waals surface area contributed by atoms with E-state index in [-0.39, 0.29) is 18.5 Å². The van der Waals surface area contributed by atoms with Crippen LogP contribution in [0.25, 0.3) is 0 Å². The zero-order chi connectivity index (χ0) is 17.9. The minimum Gasteiger partial charge on any atom is -0.464 e. The smallest absolute Gasteiger partial charge is 0.328 e. The zero-order valence-corrected chi connectivity index (χ0v) is 13.6. The number of nitrogens with zero attached hydrogens (tertiary/aromatic N) is 1. The van der Waals surface area contributed by atoms with Gasteiger partial charge in [-0.3, -0.25) is 9.79 Å². The van der Waals surface area contributed by atoms with Gasteiger partial charge < -0.3 is 21.5 Å². The largest absolute Gasteiger partial charge is 0.464 e. The number of carbonyl (C=O) groups excluding carboxylic acids is 2. The van der Waals surface area contributed by atoms with Crippen molar-refractivity contribution in [3.8, 4) is 12.3 Å². The van der Waals surface area contributed by atoms with E-state index in [0.29, 0.717) is 30.5 Å². The van der Waals surface area contributed by atoms with Gasteiger partial charge >= 0.3 is 5.97 Å².